The summed E-state index contributed by atoms with van der Waals surface area (Å²) in [5.41, 5.74) is 1.62. The number of nitrogens with zero attached hydrogens (tertiary/aromatic N) is 4. The number of hydrogen-bond acceptors (Lipinski definition) is 4. The minimum atomic E-state index is 0.153. The number of fused-ring (bicyclic) bond motifs is 4. The van der Waals surface area contributed by atoms with Gasteiger partial charge in [-0.15, -0.1) is 0 Å². The van der Waals surface area contributed by atoms with Gasteiger partial charge < -0.3 is 9.64 Å². The van der Waals surface area contributed by atoms with Crippen LogP contribution in [0.2, 0.25) is 0 Å². The molecule has 6 heteroatoms. The van der Waals surface area contributed by atoms with Gasteiger partial charge in [0.25, 0.3) is 5.91 Å². The van der Waals surface area contributed by atoms with E-state index in [4.69, 9.17) is 4.74 Å². The highest BCUT2D eigenvalue weighted by Gasteiger charge is 2.36. The highest BCUT2D eigenvalue weighted by molar-refractivity contribution is 5.95. The Bertz CT molecular complexity index is 571. The molecule has 134 valence electrons. The molecule has 3 aliphatic heterocycles. The summed E-state index contributed by atoms with van der Waals surface area (Å²) in [5.74, 6) is 0.732. The van der Waals surface area contributed by atoms with Crippen molar-refractivity contribution in [3.05, 3.63) is 17.5 Å². The Balaban J connectivity index is 1.72. The topological polar surface area (TPSA) is 50.6 Å². The number of amides is 1. The summed E-state index contributed by atoms with van der Waals surface area (Å²) in [6.45, 7) is 9.45. The SMILES string of the molecule is CCCn1cc(C(=O)N2C[C@H]3CC[C@@H](C2)N(CCOC)C3)c(C)n1. The molecule has 3 saturated heterocycles. The maximum atomic E-state index is 13.1. The van der Waals surface area contributed by atoms with Gasteiger partial charge in [0.15, 0.2) is 0 Å². The van der Waals surface area contributed by atoms with Gasteiger partial charge in [0.1, 0.15) is 0 Å². The molecule has 0 aromatic carbocycles. The molecule has 0 spiro atoms. The highest BCUT2D eigenvalue weighted by Crippen LogP contribution is 2.28. The predicted molar refractivity (Wildman–Crippen MR) is 93.1 cm³/mol. The van der Waals surface area contributed by atoms with Crippen molar-refractivity contribution >= 4 is 5.91 Å². The summed E-state index contributed by atoms with van der Waals surface area (Å²) in [6, 6.07) is 0.467. The maximum absolute atomic E-state index is 13.1. The van der Waals surface area contributed by atoms with Crippen molar-refractivity contribution in [1.82, 2.24) is 19.6 Å². The molecule has 3 aliphatic rings. The van der Waals surface area contributed by atoms with Gasteiger partial charge >= 0.3 is 0 Å². The lowest BCUT2D eigenvalue weighted by Gasteiger charge is -2.35. The molecule has 0 aliphatic carbocycles. The van der Waals surface area contributed by atoms with Gasteiger partial charge in [-0.25, -0.2) is 0 Å². The molecule has 4 heterocycles. The van der Waals surface area contributed by atoms with Gasteiger partial charge in [-0.2, -0.15) is 5.10 Å². The zero-order valence-corrected chi connectivity index (χ0v) is 15.2. The van der Waals surface area contributed by atoms with Crippen molar-refractivity contribution in [1.29, 1.82) is 0 Å². The molecule has 0 radical (unpaired) electrons. The Kier molecular flexibility index (Phi) is 5.56. The summed E-state index contributed by atoms with van der Waals surface area (Å²) in [7, 11) is 1.75. The smallest absolute Gasteiger partial charge is 0.257 e. The number of methoxy groups -OCH3 is 1. The maximum Gasteiger partial charge on any atom is 0.257 e. The monoisotopic (exact) mass is 334 g/mol. The second kappa shape index (κ2) is 7.66. The van der Waals surface area contributed by atoms with Crippen LogP contribution in [-0.4, -0.2) is 71.4 Å². The largest absolute Gasteiger partial charge is 0.383 e. The first-order valence-electron chi connectivity index (χ1n) is 9.18. The van der Waals surface area contributed by atoms with E-state index in [2.05, 4.69) is 21.8 Å². The number of ether oxygens (including phenoxy) is 1. The molecule has 2 atom stereocenters. The van der Waals surface area contributed by atoms with Crippen molar-refractivity contribution in [2.75, 3.05) is 39.9 Å². The molecule has 0 N–H and O–H groups in total. The van der Waals surface area contributed by atoms with Crippen LogP contribution in [0, 0.1) is 12.8 Å². The first-order chi connectivity index (χ1) is 11.6. The quantitative estimate of drug-likeness (QED) is 0.796. The zero-order valence-electron chi connectivity index (χ0n) is 15.2. The van der Waals surface area contributed by atoms with Gasteiger partial charge in [0.2, 0.25) is 0 Å². The van der Waals surface area contributed by atoms with Gasteiger partial charge in [-0.3, -0.25) is 14.4 Å². The summed E-state index contributed by atoms with van der Waals surface area (Å²) < 4.78 is 7.15. The Morgan fingerprint density at radius 1 is 1.29 bits per heavy atom. The molecule has 1 amide bonds. The minimum Gasteiger partial charge on any atom is -0.383 e. The Morgan fingerprint density at radius 3 is 2.88 bits per heavy atom. The lowest BCUT2D eigenvalue weighted by atomic mass is 9.95. The van der Waals surface area contributed by atoms with E-state index in [1.807, 2.05) is 17.8 Å². The third kappa shape index (κ3) is 3.64. The van der Waals surface area contributed by atoms with Crippen LogP contribution in [0.15, 0.2) is 6.20 Å². The van der Waals surface area contributed by atoms with Crippen molar-refractivity contribution in [2.24, 2.45) is 5.92 Å². The van der Waals surface area contributed by atoms with Crippen LogP contribution in [0.3, 0.4) is 0 Å². The van der Waals surface area contributed by atoms with Crippen molar-refractivity contribution < 1.29 is 9.53 Å². The molecule has 0 unspecified atom stereocenters. The first kappa shape index (κ1) is 17.4. The fourth-order valence-electron chi connectivity index (χ4n) is 4.07. The number of carbonyl (C=O) groups is 1. The van der Waals surface area contributed by atoms with Crippen molar-refractivity contribution in [3.63, 3.8) is 0 Å². The number of hydrogen-bond donors (Lipinski definition) is 0. The lowest BCUT2D eigenvalue weighted by Crippen LogP contribution is -2.45. The second-order valence-corrected chi connectivity index (χ2v) is 7.19. The molecule has 1 aromatic rings. The highest BCUT2D eigenvalue weighted by atomic mass is 16.5. The molecule has 1 aromatic heterocycles. The number of rotatable bonds is 6. The molecular weight excluding hydrogens is 304 g/mol. The third-order valence-corrected chi connectivity index (χ3v) is 5.33. The van der Waals surface area contributed by atoms with E-state index < -0.39 is 0 Å². The number of aryl methyl sites for hydroxylation is 2. The van der Waals surface area contributed by atoms with E-state index in [0.717, 1.165) is 57.0 Å². The van der Waals surface area contributed by atoms with Gasteiger partial charge in [0.05, 0.1) is 17.9 Å². The number of piperidine rings is 1. The molecule has 3 fully saturated rings. The lowest BCUT2D eigenvalue weighted by molar-refractivity contribution is 0.0717. The van der Waals surface area contributed by atoms with Crippen LogP contribution in [0.1, 0.15) is 42.2 Å². The summed E-state index contributed by atoms with van der Waals surface area (Å²) in [6.07, 6.45) is 5.37. The third-order valence-electron chi connectivity index (χ3n) is 5.33. The van der Waals surface area contributed by atoms with Crippen LogP contribution < -0.4 is 0 Å². The fourth-order valence-corrected chi connectivity index (χ4v) is 4.07. The average molecular weight is 334 g/mol. The second-order valence-electron chi connectivity index (χ2n) is 7.19. The Labute approximate surface area is 144 Å². The molecule has 4 rings (SSSR count). The Morgan fingerprint density at radius 2 is 2.12 bits per heavy atom. The molecule has 0 saturated carbocycles. The predicted octanol–water partition coefficient (Wildman–Crippen LogP) is 1.78. The van der Waals surface area contributed by atoms with E-state index in [0.29, 0.717) is 12.0 Å². The average Bonchev–Trinajstić information content (AvgIpc) is 2.75. The van der Waals surface area contributed by atoms with Crippen LogP contribution >= 0.6 is 0 Å². The molecule has 6 nitrogen and oxygen atoms in total. The van der Waals surface area contributed by atoms with Crippen molar-refractivity contribution in [3.8, 4) is 0 Å². The molecule has 2 bridgehead atoms. The summed E-state index contributed by atoms with van der Waals surface area (Å²) in [5, 5.41) is 4.49. The number of aromatic nitrogens is 2. The van der Waals surface area contributed by atoms with Crippen LogP contribution in [-0.2, 0) is 11.3 Å². The van der Waals surface area contributed by atoms with Crippen LogP contribution in [0.25, 0.3) is 0 Å². The number of carbonyl (C=O) groups excluding carboxylic acids is 1. The van der Waals surface area contributed by atoms with Gasteiger partial charge in [-0.1, -0.05) is 6.92 Å². The standard InChI is InChI=1S/C18H30N4O2/c1-4-7-22-13-17(14(2)19-22)18(23)21-11-15-5-6-16(12-21)20(10-15)8-9-24-3/h13,15-16H,4-12H2,1-3H3/t15-,16-/m0/s1. The molecular formula is C18H30N4O2. The van der Waals surface area contributed by atoms with E-state index in [-0.39, 0.29) is 5.91 Å². The first-order valence-corrected chi connectivity index (χ1v) is 9.18. The van der Waals surface area contributed by atoms with E-state index in [1.165, 1.54) is 12.8 Å². The van der Waals surface area contributed by atoms with Gasteiger partial charge in [0, 0.05) is 52.1 Å². The van der Waals surface area contributed by atoms with E-state index in [1.54, 1.807) is 7.11 Å². The van der Waals surface area contributed by atoms with Gasteiger partial charge in [-0.05, 0) is 32.1 Å². The van der Waals surface area contributed by atoms with Crippen LogP contribution in [0.4, 0.5) is 0 Å². The normalized spacial score (nSPS) is 24.4. The summed E-state index contributed by atoms with van der Waals surface area (Å²) in [4.78, 5) is 17.6. The summed E-state index contributed by atoms with van der Waals surface area (Å²) >= 11 is 0. The van der Waals surface area contributed by atoms with E-state index >= 15 is 0 Å². The zero-order chi connectivity index (χ0) is 17.1. The minimum absolute atomic E-state index is 0.153. The van der Waals surface area contributed by atoms with Crippen molar-refractivity contribution in [2.45, 2.75) is 45.7 Å². The molecule has 24 heavy (non-hydrogen) atoms. The van der Waals surface area contributed by atoms with Crippen LogP contribution in [0.5, 0.6) is 0 Å². The fraction of sp³-hybridized carbons (Fsp3) is 0.778. The van der Waals surface area contributed by atoms with E-state index in [9.17, 15) is 4.79 Å². The Hall–Kier alpha value is -1.40.